The minimum Gasteiger partial charge on any atom is -0.267 e. The zero-order chi connectivity index (χ0) is 15.8. The predicted molar refractivity (Wildman–Crippen MR) is 93.6 cm³/mol. The smallest absolute Gasteiger partial charge is 0.267 e. The van der Waals surface area contributed by atoms with E-state index in [4.69, 9.17) is 0 Å². The predicted octanol–water partition coefficient (Wildman–Crippen LogP) is 4.02. The Balaban J connectivity index is 1.87. The van der Waals surface area contributed by atoms with Gasteiger partial charge >= 0.3 is 0 Å². The van der Waals surface area contributed by atoms with E-state index in [0.717, 1.165) is 32.2 Å². The van der Waals surface area contributed by atoms with Crippen LogP contribution in [0.4, 0.5) is 0 Å². The molecule has 1 N–H and O–H groups in total. The van der Waals surface area contributed by atoms with Crippen molar-refractivity contribution < 1.29 is 0 Å². The largest absolute Gasteiger partial charge is 0.272 e. The molecule has 0 aliphatic heterocycles. The summed E-state index contributed by atoms with van der Waals surface area (Å²) in [7, 11) is 0. The summed E-state index contributed by atoms with van der Waals surface area (Å²) in [6.45, 7) is 1.98. The van der Waals surface area contributed by atoms with Gasteiger partial charge < -0.3 is 0 Å². The van der Waals surface area contributed by atoms with Gasteiger partial charge in [-0.1, -0.05) is 24.3 Å². The molecule has 0 saturated heterocycles. The number of thiophene rings is 1. The molecular weight excluding hydrogens is 306 g/mol. The van der Waals surface area contributed by atoms with E-state index in [1.165, 1.54) is 0 Å². The molecule has 3 aromatic heterocycles. The zero-order valence-electron chi connectivity index (χ0n) is 12.4. The number of H-pyrrole nitrogens is 1. The van der Waals surface area contributed by atoms with Crippen LogP contribution in [0.3, 0.4) is 0 Å². The Bertz CT molecular complexity index is 1070. The number of nitrogens with zero attached hydrogens (tertiary/aromatic N) is 2. The second kappa shape index (κ2) is 5.44. The van der Waals surface area contributed by atoms with Crippen molar-refractivity contribution in [2.24, 2.45) is 0 Å². The quantitative estimate of drug-likeness (QED) is 0.607. The number of hydrogen-bond acceptors (Lipinski definition) is 4. The van der Waals surface area contributed by atoms with Crippen molar-refractivity contribution in [2.45, 2.75) is 6.92 Å². The molecule has 0 aliphatic carbocycles. The van der Waals surface area contributed by atoms with Crippen LogP contribution in [-0.2, 0) is 0 Å². The number of benzene rings is 1. The number of aromatic nitrogens is 3. The number of hydrogen-bond donors (Lipinski definition) is 1. The lowest BCUT2D eigenvalue weighted by atomic mass is 10.1. The van der Waals surface area contributed by atoms with Crippen molar-refractivity contribution in [3.8, 4) is 21.1 Å². The van der Waals surface area contributed by atoms with Crippen molar-refractivity contribution in [2.75, 3.05) is 0 Å². The number of rotatable bonds is 2. The Morgan fingerprint density at radius 1 is 0.913 bits per heavy atom. The second-order valence-electron chi connectivity index (χ2n) is 5.28. The van der Waals surface area contributed by atoms with Crippen molar-refractivity contribution in [3.05, 3.63) is 70.6 Å². The minimum atomic E-state index is -0.165. The average molecular weight is 319 g/mol. The van der Waals surface area contributed by atoms with Crippen LogP contribution in [-0.4, -0.2) is 15.2 Å². The van der Waals surface area contributed by atoms with Gasteiger partial charge in [-0.05, 0) is 37.3 Å². The van der Waals surface area contributed by atoms with Gasteiger partial charge in [0, 0.05) is 11.1 Å². The molecule has 4 nitrogen and oxygen atoms in total. The highest BCUT2D eigenvalue weighted by Gasteiger charge is 2.12. The first kappa shape index (κ1) is 13.8. The summed E-state index contributed by atoms with van der Waals surface area (Å²) >= 11 is 1.62. The van der Waals surface area contributed by atoms with Crippen LogP contribution in [0, 0.1) is 6.92 Å². The lowest BCUT2D eigenvalue weighted by Crippen LogP contribution is -2.08. The molecule has 0 radical (unpaired) electrons. The Hall–Kier alpha value is -2.79. The van der Waals surface area contributed by atoms with Gasteiger partial charge in [-0.2, -0.15) is 5.10 Å². The first-order chi connectivity index (χ1) is 11.2. The van der Waals surface area contributed by atoms with Crippen LogP contribution < -0.4 is 5.56 Å². The molecule has 0 unspecified atom stereocenters. The SMILES string of the molecule is Cc1cccc(-c2ccc(-c3n[nH]c(=O)c4ccccc34)s2)n1. The monoisotopic (exact) mass is 319 g/mol. The molecule has 0 bridgehead atoms. The van der Waals surface area contributed by atoms with Crippen LogP contribution in [0.2, 0.25) is 0 Å². The second-order valence-corrected chi connectivity index (χ2v) is 6.36. The highest BCUT2D eigenvalue weighted by molar-refractivity contribution is 7.18. The van der Waals surface area contributed by atoms with Gasteiger partial charge in [-0.25, -0.2) is 5.10 Å². The highest BCUT2D eigenvalue weighted by atomic mass is 32.1. The fraction of sp³-hybridized carbons (Fsp3) is 0.0556. The molecule has 0 saturated carbocycles. The third-order valence-electron chi connectivity index (χ3n) is 3.68. The van der Waals surface area contributed by atoms with Crippen LogP contribution >= 0.6 is 11.3 Å². The zero-order valence-corrected chi connectivity index (χ0v) is 13.2. The van der Waals surface area contributed by atoms with Crippen molar-refractivity contribution in [1.29, 1.82) is 0 Å². The molecular formula is C18H13N3OS. The first-order valence-electron chi connectivity index (χ1n) is 7.24. The van der Waals surface area contributed by atoms with E-state index in [1.54, 1.807) is 11.3 Å². The lowest BCUT2D eigenvalue weighted by Gasteiger charge is -2.02. The average Bonchev–Trinajstić information content (AvgIpc) is 3.05. The van der Waals surface area contributed by atoms with Crippen LogP contribution in [0.5, 0.6) is 0 Å². The Morgan fingerprint density at radius 2 is 1.70 bits per heavy atom. The number of aromatic amines is 1. The maximum Gasteiger partial charge on any atom is 0.272 e. The minimum absolute atomic E-state index is 0.165. The molecule has 1 aromatic carbocycles. The fourth-order valence-electron chi connectivity index (χ4n) is 2.59. The van der Waals surface area contributed by atoms with Gasteiger partial charge in [-0.3, -0.25) is 9.78 Å². The Kier molecular flexibility index (Phi) is 3.28. The molecule has 0 fully saturated rings. The number of fused-ring (bicyclic) bond motifs is 1. The van der Waals surface area contributed by atoms with E-state index in [9.17, 15) is 4.79 Å². The van der Waals surface area contributed by atoms with E-state index in [0.29, 0.717) is 5.39 Å². The summed E-state index contributed by atoms with van der Waals surface area (Å²) in [6.07, 6.45) is 0. The van der Waals surface area contributed by atoms with Gasteiger partial charge in [0.2, 0.25) is 0 Å². The summed E-state index contributed by atoms with van der Waals surface area (Å²) in [4.78, 5) is 18.6. The van der Waals surface area contributed by atoms with E-state index in [-0.39, 0.29) is 5.56 Å². The van der Waals surface area contributed by atoms with Gasteiger partial charge in [0.05, 0.1) is 20.8 Å². The maximum atomic E-state index is 11.9. The molecule has 0 spiro atoms. The topological polar surface area (TPSA) is 58.6 Å². The number of nitrogens with one attached hydrogen (secondary N) is 1. The van der Waals surface area contributed by atoms with Crippen molar-refractivity contribution in [3.63, 3.8) is 0 Å². The molecule has 0 aliphatic rings. The third kappa shape index (κ3) is 2.45. The van der Waals surface area contributed by atoms with Crippen molar-refractivity contribution in [1.82, 2.24) is 15.2 Å². The number of pyridine rings is 1. The van der Waals surface area contributed by atoms with E-state index < -0.39 is 0 Å². The van der Waals surface area contributed by atoms with Gasteiger partial charge in [-0.15, -0.1) is 11.3 Å². The van der Waals surface area contributed by atoms with Gasteiger partial charge in [0.25, 0.3) is 5.56 Å². The first-order valence-corrected chi connectivity index (χ1v) is 8.06. The molecule has 4 aromatic rings. The van der Waals surface area contributed by atoms with Gasteiger partial charge in [0.15, 0.2) is 0 Å². The summed E-state index contributed by atoms with van der Waals surface area (Å²) in [6, 6.07) is 17.6. The normalized spacial score (nSPS) is 11.0. The van der Waals surface area contributed by atoms with E-state index in [2.05, 4.69) is 15.2 Å². The van der Waals surface area contributed by atoms with Crippen molar-refractivity contribution >= 4 is 22.1 Å². The molecule has 4 rings (SSSR count). The highest BCUT2D eigenvalue weighted by Crippen LogP contribution is 2.34. The van der Waals surface area contributed by atoms with Crippen LogP contribution in [0.1, 0.15) is 5.69 Å². The summed E-state index contributed by atoms with van der Waals surface area (Å²) < 4.78 is 0. The van der Waals surface area contributed by atoms with E-state index in [1.807, 2.05) is 61.5 Å². The van der Waals surface area contributed by atoms with E-state index >= 15 is 0 Å². The van der Waals surface area contributed by atoms with Crippen LogP contribution in [0.25, 0.3) is 31.9 Å². The molecule has 0 atom stereocenters. The molecule has 3 heterocycles. The molecule has 23 heavy (non-hydrogen) atoms. The Labute approximate surface area is 136 Å². The van der Waals surface area contributed by atoms with Crippen LogP contribution in [0.15, 0.2) is 59.4 Å². The Morgan fingerprint density at radius 3 is 2.52 bits per heavy atom. The summed E-state index contributed by atoms with van der Waals surface area (Å²) in [5.74, 6) is 0. The molecule has 0 amide bonds. The summed E-state index contributed by atoms with van der Waals surface area (Å²) in [5.41, 5.74) is 2.57. The maximum absolute atomic E-state index is 11.9. The van der Waals surface area contributed by atoms with Gasteiger partial charge in [0.1, 0.15) is 5.69 Å². The standard InChI is InChI=1S/C18H13N3OS/c1-11-5-4-8-14(19-11)15-9-10-16(23-15)17-12-6-2-3-7-13(12)18(22)21-20-17/h2-10H,1H3,(H,21,22). The molecule has 112 valence electrons. The third-order valence-corrected chi connectivity index (χ3v) is 4.79. The fourth-order valence-corrected chi connectivity index (χ4v) is 3.57. The lowest BCUT2D eigenvalue weighted by molar-refractivity contribution is 1.02. The number of aryl methyl sites for hydroxylation is 1. The molecule has 5 heteroatoms. The summed E-state index contributed by atoms with van der Waals surface area (Å²) in [5, 5.41) is 8.36.